The van der Waals surface area contributed by atoms with E-state index < -0.39 is 0 Å². The molecule has 1 heterocycles. The van der Waals surface area contributed by atoms with Crippen molar-refractivity contribution in [2.45, 2.75) is 81.7 Å². The van der Waals surface area contributed by atoms with E-state index in [9.17, 15) is 4.79 Å². The number of amidine groups is 1. The molecule has 0 aromatic carbocycles. The minimum absolute atomic E-state index is 0.107. The van der Waals surface area contributed by atoms with Crippen LogP contribution >= 0.6 is 0 Å². The van der Waals surface area contributed by atoms with E-state index in [1.165, 1.54) is 12.5 Å². The molecule has 38 heavy (non-hydrogen) atoms. The fraction of sp³-hybridized carbons (Fsp3) is 0.567. The zero-order valence-corrected chi connectivity index (χ0v) is 26.0. The van der Waals surface area contributed by atoms with Gasteiger partial charge < -0.3 is 9.75 Å². The molecule has 1 aromatic heterocycles. The van der Waals surface area contributed by atoms with Gasteiger partial charge in [-0.2, -0.15) is 10.2 Å². The smallest absolute Gasteiger partial charge is 0.203 e. The molecule has 0 atom stereocenters. The summed E-state index contributed by atoms with van der Waals surface area (Å²) in [4.78, 5) is 20.7. The highest BCUT2D eigenvalue weighted by molar-refractivity contribution is 6.02. The second-order valence-electron chi connectivity index (χ2n) is 7.39. The summed E-state index contributed by atoms with van der Waals surface area (Å²) in [6.07, 6.45) is 12.4. The standard InChI is InChI=1S/C23H34N6O2.C3H8.2C2H6/c1-7-28(6)26-13-16-29-15-12-22(30)21(27-29)18-19(3)10-9-11-20(4)23(24-5)25-14-17-31-8-2;1-3-2;2*1-2/h9-15H,3,7-8,16-18H2,1-2,4-6H3;3H2,1-2H3;2*1-2H3/b10-9-,20-11+,24-23?,25-14?,26-13-;;;. The van der Waals surface area contributed by atoms with Crippen molar-refractivity contribution in [3.63, 3.8) is 0 Å². The number of hydrazone groups is 1. The SMILES string of the molecule is C=C(/C=C\C=C(/C)C(N=CCOCC)=NC)Cc1nn(C/C=N\N(C)CC)ccc1=O.CC.CC.CCC. The second-order valence-corrected chi connectivity index (χ2v) is 7.39. The number of nitrogens with zero attached hydrogens (tertiary/aromatic N) is 6. The number of aliphatic imine (C=N–C) groups is 2. The number of allylic oxidation sites excluding steroid dienone is 4. The van der Waals surface area contributed by atoms with Gasteiger partial charge in [-0.3, -0.25) is 14.5 Å². The number of hydrogen-bond donors (Lipinski definition) is 0. The monoisotopic (exact) mass is 530 g/mol. The van der Waals surface area contributed by atoms with Crippen LogP contribution in [0.4, 0.5) is 0 Å². The van der Waals surface area contributed by atoms with Gasteiger partial charge in [0.1, 0.15) is 11.5 Å². The van der Waals surface area contributed by atoms with E-state index in [1.807, 2.05) is 78.8 Å². The predicted octanol–water partition coefficient (Wildman–Crippen LogP) is 6.39. The summed E-state index contributed by atoms with van der Waals surface area (Å²) < 4.78 is 6.93. The van der Waals surface area contributed by atoms with Crippen LogP contribution in [0, 0.1) is 0 Å². The van der Waals surface area contributed by atoms with Gasteiger partial charge in [-0.25, -0.2) is 4.99 Å². The summed E-state index contributed by atoms with van der Waals surface area (Å²) in [5.41, 5.74) is 2.03. The van der Waals surface area contributed by atoms with Crippen molar-refractivity contribution in [3.05, 3.63) is 64.1 Å². The Morgan fingerprint density at radius 3 is 2.34 bits per heavy atom. The average molecular weight is 531 g/mol. The second kappa shape index (κ2) is 28.4. The van der Waals surface area contributed by atoms with E-state index >= 15 is 0 Å². The molecule has 0 N–H and O–H groups in total. The van der Waals surface area contributed by atoms with Crippen LogP contribution in [0.2, 0.25) is 0 Å². The molecule has 0 saturated carbocycles. The molecule has 1 aromatic rings. The first kappa shape index (κ1) is 39.4. The van der Waals surface area contributed by atoms with Crippen molar-refractivity contribution in [2.24, 2.45) is 15.1 Å². The molecule has 1 rings (SSSR count). The van der Waals surface area contributed by atoms with Gasteiger partial charge in [0.05, 0.1) is 13.2 Å². The van der Waals surface area contributed by atoms with Crippen LogP contribution in [0.25, 0.3) is 0 Å². The third-order valence-electron chi connectivity index (χ3n) is 4.18. The van der Waals surface area contributed by atoms with Gasteiger partial charge in [0.15, 0.2) is 0 Å². The lowest BCUT2D eigenvalue weighted by Gasteiger charge is -2.09. The highest BCUT2D eigenvalue weighted by Gasteiger charge is 2.04. The van der Waals surface area contributed by atoms with E-state index in [0.717, 1.165) is 17.7 Å². The first-order valence-corrected chi connectivity index (χ1v) is 13.7. The first-order chi connectivity index (χ1) is 18.3. The minimum Gasteiger partial charge on any atom is -0.376 e. The quantitative estimate of drug-likeness (QED) is 0.103. The largest absolute Gasteiger partial charge is 0.376 e. The van der Waals surface area contributed by atoms with E-state index in [1.54, 1.807) is 30.4 Å². The van der Waals surface area contributed by atoms with E-state index in [-0.39, 0.29) is 5.43 Å². The molecule has 0 bridgehead atoms. The van der Waals surface area contributed by atoms with Crippen molar-refractivity contribution in [1.29, 1.82) is 0 Å². The van der Waals surface area contributed by atoms with Crippen LogP contribution in [0.5, 0.6) is 0 Å². The molecular formula is C30H54N6O2. The van der Waals surface area contributed by atoms with Gasteiger partial charge >= 0.3 is 0 Å². The lowest BCUT2D eigenvalue weighted by Crippen LogP contribution is -2.18. The lowest BCUT2D eigenvalue weighted by atomic mass is 10.1. The van der Waals surface area contributed by atoms with Gasteiger partial charge in [-0.05, 0) is 31.9 Å². The Hall–Kier alpha value is -3.13. The maximum Gasteiger partial charge on any atom is 0.203 e. The van der Waals surface area contributed by atoms with Crippen molar-refractivity contribution in [2.75, 3.05) is 33.9 Å². The number of ether oxygens (including phenoxy) is 1. The van der Waals surface area contributed by atoms with Crippen molar-refractivity contribution < 1.29 is 4.74 Å². The van der Waals surface area contributed by atoms with Gasteiger partial charge in [0.2, 0.25) is 5.43 Å². The van der Waals surface area contributed by atoms with E-state index in [0.29, 0.717) is 37.7 Å². The van der Waals surface area contributed by atoms with Crippen LogP contribution < -0.4 is 5.43 Å². The highest BCUT2D eigenvalue weighted by Crippen LogP contribution is 2.04. The molecule has 0 aliphatic heterocycles. The van der Waals surface area contributed by atoms with E-state index in [2.05, 4.69) is 40.6 Å². The third-order valence-corrected chi connectivity index (χ3v) is 4.18. The van der Waals surface area contributed by atoms with E-state index in [4.69, 9.17) is 4.74 Å². The van der Waals surface area contributed by atoms with Crippen LogP contribution in [0.3, 0.4) is 0 Å². The van der Waals surface area contributed by atoms with Crippen molar-refractivity contribution >= 4 is 18.3 Å². The molecule has 8 nitrogen and oxygen atoms in total. The van der Waals surface area contributed by atoms with Gasteiger partial charge in [-0.15, -0.1) is 0 Å². The fourth-order valence-electron chi connectivity index (χ4n) is 2.36. The molecule has 0 aliphatic rings. The number of hydrogen-bond acceptors (Lipinski definition) is 6. The Morgan fingerprint density at radius 2 is 1.79 bits per heavy atom. The maximum absolute atomic E-state index is 12.2. The predicted molar refractivity (Wildman–Crippen MR) is 168 cm³/mol. The number of rotatable bonds is 12. The summed E-state index contributed by atoms with van der Waals surface area (Å²) >= 11 is 0. The Morgan fingerprint density at radius 1 is 1.16 bits per heavy atom. The molecule has 0 spiro atoms. The number of aromatic nitrogens is 2. The zero-order valence-electron chi connectivity index (χ0n) is 26.0. The molecule has 0 aliphatic carbocycles. The zero-order chi connectivity index (χ0) is 29.8. The molecule has 0 unspecified atom stereocenters. The fourth-order valence-corrected chi connectivity index (χ4v) is 2.36. The first-order valence-electron chi connectivity index (χ1n) is 13.7. The van der Waals surface area contributed by atoms with Gasteiger partial charge in [0.25, 0.3) is 0 Å². The highest BCUT2D eigenvalue weighted by atomic mass is 16.5. The van der Waals surface area contributed by atoms with Crippen molar-refractivity contribution in [3.8, 4) is 0 Å². The van der Waals surface area contributed by atoms with Crippen LogP contribution in [0.1, 0.15) is 74.4 Å². The van der Waals surface area contributed by atoms with Crippen LogP contribution in [-0.4, -0.2) is 66.9 Å². The lowest BCUT2D eigenvalue weighted by molar-refractivity contribution is 0.190. The van der Waals surface area contributed by atoms with Crippen molar-refractivity contribution in [1.82, 2.24) is 14.8 Å². The summed E-state index contributed by atoms with van der Waals surface area (Å²) in [7, 11) is 3.60. The van der Waals surface area contributed by atoms with Gasteiger partial charge in [-0.1, -0.05) is 72.8 Å². The normalized spacial score (nSPS) is 11.4. The van der Waals surface area contributed by atoms with Crippen LogP contribution in [0.15, 0.2) is 68.1 Å². The summed E-state index contributed by atoms with van der Waals surface area (Å²) in [5.74, 6) is 0.637. The Balaban J connectivity index is -0.00000159. The molecule has 8 heteroatoms. The topological polar surface area (TPSA) is 84.4 Å². The summed E-state index contributed by atoms with van der Waals surface area (Å²) in [6, 6.07) is 1.52. The molecule has 0 radical (unpaired) electrons. The molecule has 0 amide bonds. The Labute approximate surface area is 232 Å². The molecule has 0 fully saturated rings. The molecule has 216 valence electrons. The minimum atomic E-state index is -0.107. The Kier molecular flexibility index (Phi) is 29.5. The van der Waals surface area contributed by atoms with Gasteiger partial charge in [0, 0.05) is 58.4 Å². The molecule has 0 saturated heterocycles. The Bertz CT molecular complexity index is 927. The van der Waals surface area contributed by atoms with Crippen LogP contribution in [-0.2, 0) is 17.7 Å². The third kappa shape index (κ3) is 21.0. The molecular weight excluding hydrogens is 476 g/mol. The summed E-state index contributed by atoms with van der Waals surface area (Å²) in [6.45, 7) is 24.6. The summed E-state index contributed by atoms with van der Waals surface area (Å²) in [5, 5.41) is 10.5. The maximum atomic E-state index is 12.2. The average Bonchev–Trinajstić information content (AvgIpc) is 2.93.